The van der Waals surface area contributed by atoms with Crippen LogP contribution in [0, 0.1) is 0 Å². The topological polar surface area (TPSA) is 63.0 Å². The molecule has 2 aromatic carbocycles. The van der Waals surface area contributed by atoms with E-state index in [1.54, 1.807) is 36.4 Å². The summed E-state index contributed by atoms with van der Waals surface area (Å²) in [7, 11) is 0. The van der Waals surface area contributed by atoms with Gasteiger partial charge in [-0.2, -0.15) is 5.10 Å². The van der Waals surface area contributed by atoms with E-state index in [4.69, 9.17) is 39.5 Å². The SMILES string of the molecule is O=C1CSC(=NN=Cc2cc(Cl)ccc2OCc2c(Cl)cccc2Cl)N1. The number of hydrogen-bond donors (Lipinski definition) is 1. The Bertz CT molecular complexity index is 883. The van der Waals surface area contributed by atoms with Gasteiger partial charge in [0.05, 0.1) is 12.0 Å². The highest BCUT2D eigenvalue weighted by Crippen LogP contribution is 2.28. The Labute approximate surface area is 169 Å². The minimum atomic E-state index is -0.0904. The minimum absolute atomic E-state index is 0.0904. The summed E-state index contributed by atoms with van der Waals surface area (Å²) in [6.45, 7) is 0.196. The molecule has 1 saturated heterocycles. The second kappa shape index (κ2) is 8.77. The van der Waals surface area contributed by atoms with Gasteiger partial charge in [-0.1, -0.05) is 52.6 Å². The number of carbonyl (C=O) groups excluding carboxylic acids is 1. The summed E-state index contributed by atoms with van der Waals surface area (Å²) in [4.78, 5) is 11.1. The number of halogens is 3. The summed E-state index contributed by atoms with van der Waals surface area (Å²) in [6, 6.07) is 10.4. The molecule has 1 heterocycles. The molecule has 0 radical (unpaired) electrons. The lowest BCUT2D eigenvalue weighted by Gasteiger charge is -2.11. The molecule has 2 aromatic rings. The number of nitrogens with zero attached hydrogens (tertiary/aromatic N) is 2. The van der Waals surface area contributed by atoms with Crippen molar-refractivity contribution in [3.63, 3.8) is 0 Å². The highest BCUT2D eigenvalue weighted by Gasteiger charge is 2.16. The summed E-state index contributed by atoms with van der Waals surface area (Å²) in [5.41, 5.74) is 1.33. The van der Waals surface area contributed by atoms with Crippen LogP contribution in [0.15, 0.2) is 46.6 Å². The van der Waals surface area contributed by atoms with Crippen molar-refractivity contribution in [2.75, 3.05) is 5.75 Å². The van der Waals surface area contributed by atoms with Gasteiger partial charge in [0, 0.05) is 26.2 Å². The third-order valence-corrected chi connectivity index (χ3v) is 5.14. The monoisotopic (exact) mass is 427 g/mol. The molecule has 0 bridgehead atoms. The quantitative estimate of drug-likeness (QED) is 0.551. The summed E-state index contributed by atoms with van der Waals surface area (Å²) in [6.07, 6.45) is 1.51. The number of benzene rings is 2. The van der Waals surface area contributed by atoms with E-state index in [1.807, 2.05) is 0 Å². The first kappa shape index (κ1) is 19.0. The third kappa shape index (κ3) is 4.92. The maximum absolute atomic E-state index is 11.1. The van der Waals surface area contributed by atoms with Gasteiger partial charge in [-0.05, 0) is 30.3 Å². The maximum atomic E-state index is 11.1. The van der Waals surface area contributed by atoms with Crippen LogP contribution in [-0.2, 0) is 11.4 Å². The standard InChI is InChI=1S/C17H12Cl3N3O2S/c18-11-4-5-15(25-8-12-13(19)2-1-3-14(12)20)10(6-11)7-21-23-17-22-16(24)9-26-17/h1-7H,8-9H2,(H,22,23,24). The number of rotatable bonds is 5. The van der Waals surface area contributed by atoms with Gasteiger partial charge < -0.3 is 10.1 Å². The summed E-state index contributed by atoms with van der Waals surface area (Å²) in [5, 5.41) is 12.6. The first-order chi connectivity index (χ1) is 12.5. The van der Waals surface area contributed by atoms with E-state index in [2.05, 4.69) is 15.5 Å². The fourth-order valence-electron chi connectivity index (χ4n) is 2.09. The Morgan fingerprint density at radius 3 is 2.65 bits per heavy atom. The number of amidine groups is 1. The second-order valence-corrected chi connectivity index (χ2v) is 7.37. The smallest absolute Gasteiger partial charge is 0.236 e. The van der Waals surface area contributed by atoms with Crippen molar-refractivity contribution in [1.29, 1.82) is 0 Å². The number of thioether (sulfide) groups is 1. The van der Waals surface area contributed by atoms with Crippen molar-refractivity contribution in [2.45, 2.75) is 6.61 Å². The number of amides is 1. The molecule has 1 fully saturated rings. The second-order valence-electron chi connectivity index (χ2n) is 5.16. The zero-order valence-corrected chi connectivity index (χ0v) is 16.3. The molecule has 0 unspecified atom stereocenters. The number of carbonyl (C=O) groups is 1. The van der Waals surface area contributed by atoms with Crippen molar-refractivity contribution < 1.29 is 9.53 Å². The number of nitrogens with one attached hydrogen (secondary N) is 1. The van der Waals surface area contributed by atoms with Crippen molar-refractivity contribution in [1.82, 2.24) is 5.32 Å². The highest BCUT2D eigenvalue weighted by molar-refractivity contribution is 8.15. The van der Waals surface area contributed by atoms with Crippen molar-refractivity contribution in [2.24, 2.45) is 10.2 Å². The van der Waals surface area contributed by atoms with Crippen LogP contribution < -0.4 is 10.1 Å². The summed E-state index contributed by atoms with van der Waals surface area (Å²) >= 11 is 19.7. The van der Waals surface area contributed by atoms with E-state index < -0.39 is 0 Å². The van der Waals surface area contributed by atoms with E-state index in [1.165, 1.54) is 18.0 Å². The highest BCUT2D eigenvalue weighted by atomic mass is 35.5. The fraction of sp³-hybridized carbons (Fsp3) is 0.118. The molecular formula is C17H12Cl3N3O2S. The molecule has 26 heavy (non-hydrogen) atoms. The molecule has 0 spiro atoms. The van der Waals surface area contributed by atoms with Gasteiger partial charge in [-0.3, -0.25) is 4.79 Å². The maximum Gasteiger partial charge on any atom is 0.236 e. The Hall–Kier alpha value is -1.73. The molecule has 1 amide bonds. The minimum Gasteiger partial charge on any atom is -0.488 e. The van der Waals surface area contributed by atoms with Gasteiger partial charge in [-0.15, -0.1) is 5.10 Å². The Kier molecular flexibility index (Phi) is 6.43. The number of hydrogen-bond acceptors (Lipinski definition) is 5. The zero-order valence-electron chi connectivity index (χ0n) is 13.2. The molecule has 1 aliphatic heterocycles. The molecule has 134 valence electrons. The van der Waals surface area contributed by atoms with E-state index in [-0.39, 0.29) is 12.5 Å². The van der Waals surface area contributed by atoms with Gasteiger partial charge in [-0.25, -0.2) is 0 Å². The Morgan fingerprint density at radius 1 is 1.19 bits per heavy atom. The molecule has 3 rings (SSSR count). The predicted octanol–water partition coefficient (Wildman–Crippen LogP) is 4.78. The first-order valence-electron chi connectivity index (χ1n) is 7.42. The van der Waals surface area contributed by atoms with E-state index >= 15 is 0 Å². The van der Waals surface area contributed by atoms with Gasteiger partial charge in [0.15, 0.2) is 5.17 Å². The van der Waals surface area contributed by atoms with E-state index in [0.29, 0.717) is 42.9 Å². The fourth-order valence-corrected chi connectivity index (χ4v) is 3.41. The normalized spacial score (nSPS) is 15.7. The van der Waals surface area contributed by atoms with Gasteiger partial charge >= 0.3 is 0 Å². The van der Waals surface area contributed by atoms with Gasteiger partial charge in [0.1, 0.15) is 12.4 Å². The first-order valence-corrected chi connectivity index (χ1v) is 9.54. The third-order valence-electron chi connectivity index (χ3n) is 3.34. The van der Waals surface area contributed by atoms with Crippen molar-refractivity contribution >= 4 is 63.9 Å². The number of ether oxygens (including phenoxy) is 1. The van der Waals surface area contributed by atoms with Crippen LogP contribution >= 0.6 is 46.6 Å². The van der Waals surface area contributed by atoms with Crippen molar-refractivity contribution in [3.05, 3.63) is 62.6 Å². The van der Waals surface area contributed by atoms with Crippen LogP contribution in [0.3, 0.4) is 0 Å². The lowest BCUT2D eigenvalue weighted by Crippen LogP contribution is -2.19. The Morgan fingerprint density at radius 2 is 1.96 bits per heavy atom. The van der Waals surface area contributed by atoms with Gasteiger partial charge in [0.25, 0.3) is 0 Å². The van der Waals surface area contributed by atoms with Crippen LogP contribution in [0.4, 0.5) is 0 Å². The molecule has 0 aliphatic carbocycles. The van der Waals surface area contributed by atoms with E-state index in [9.17, 15) is 4.79 Å². The molecule has 9 heteroatoms. The average molecular weight is 429 g/mol. The summed E-state index contributed by atoms with van der Waals surface area (Å²) < 4.78 is 5.84. The molecule has 0 saturated carbocycles. The lowest BCUT2D eigenvalue weighted by molar-refractivity contribution is -0.116. The molecule has 1 aliphatic rings. The van der Waals surface area contributed by atoms with Crippen LogP contribution in [0.1, 0.15) is 11.1 Å². The zero-order chi connectivity index (χ0) is 18.5. The molecule has 0 aromatic heterocycles. The van der Waals surface area contributed by atoms with Crippen LogP contribution in [0.2, 0.25) is 15.1 Å². The average Bonchev–Trinajstić information content (AvgIpc) is 3.01. The molecule has 0 atom stereocenters. The Balaban J connectivity index is 1.76. The molecule has 5 nitrogen and oxygen atoms in total. The summed E-state index contributed by atoms with van der Waals surface area (Å²) in [5.74, 6) is 0.808. The molecule has 1 N–H and O–H groups in total. The largest absolute Gasteiger partial charge is 0.488 e. The van der Waals surface area contributed by atoms with E-state index in [0.717, 1.165) is 0 Å². The lowest BCUT2D eigenvalue weighted by atomic mass is 10.2. The van der Waals surface area contributed by atoms with Crippen LogP contribution in [0.5, 0.6) is 5.75 Å². The van der Waals surface area contributed by atoms with Crippen LogP contribution in [0.25, 0.3) is 0 Å². The molecular weight excluding hydrogens is 417 g/mol. The van der Waals surface area contributed by atoms with Crippen LogP contribution in [-0.4, -0.2) is 23.0 Å². The van der Waals surface area contributed by atoms with Gasteiger partial charge in [0.2, 0.25) is 5.91 Å². The predicted molar refractivity (Wildman–Crippen MR) is 108 cm³/mol. The van der Waals surface area contributed by atoms with Crippen molar-refractivity contribution in [3.8, 4) is 5.75 Å².